The molecule has 1 aromatic heterocycles. The predicted octanol–water partition coefficient (Wildman–Crippen LogP) is 1.27. The van der Waals surface area contributed by atoms with E-state index in [0.29, 0.717) is 4.64 Å². The minimum Gasteiger partial charge on any atom is -0.428 e. The summed E-state index contributed by atoms with van der Waals surface area (Å²) in [5, 5.41) is 16.3. The fourth-order valence-corrected chi connectivity index (χ4v) is 0.558. The van der Waals surface area contributed by atoms with Gasteiger partial charge >= 0.3 is 0 Å². The summed E-state index contributed by atoms with van der Waals surface area (Å²) < 4.78 is 1.32. The molecule has 1 rings (SSSR count). The highest BCUT2D eigenvalue weighted by Crippen LogP contribution is 1.86. The smallest absolute Gasteiger partial charge is 0.142 e. The molecule has 3 nitrogen and oxygen atoms in total. The van der Waals surface area contributed by atoms with Crippen molar-refractivity contribution >= 4 is 21.5 Å². The highest BCUT2D eigenvalue weighted by molar-refractivity contribution is 7.71. The summed E-state index contributed by atoms with van der Waals surface area (Å²) in [6.45, 7) is 0. The van der Waals surface area contributed by atoms with Crippen LogP contribution in [0.3, 0.4) is 0 Å². The fraction of sp³-hybridized carbons (Fsp3) is 0.167. The maximum absolute atomic E-state index is 8.73. The molecule has 0 aromatic carbocycles. The number of aliphatic hydroxyl groups excluding tert-OH is 1. The van der Waals surface area contributed by atoms with Crippen molar-refractivity contribution in [3.8, 4) is 0 Å². The van der Waals surface area contributed by atoms with Gasteiger partial charge in [0.05, 0.1) is 6.35 Å². The van der Waals surface area contributed by atoms with Crippen molar-refractivity contribution in [2.75, 3.05) is 6.35 Å². The van der Waals surface area contributed by atoms with Gasteiger partial charge in [0.2, 0.25) is 0 Å². The van der Waals surface area contributed by atoms with Gasteiger partial charge in [0, 0.05) is 6.20 Å². The lowest BCUT2D eigenvalue weighted by Crippen LogP contribution is -1.89. The van der Waals surface area contributed by atoms with Crippen LogP contribution in [0.5, 0.6) is 0 Å². The van der Waals surface area contributed by atoms with Gasteiger partial charge in [-0.05, 0) is 12.1 Å². The average Bonchev–Trinajstić information content (AvgIpc) is 1.97. The van der Waals surface area contributed by atoms with Crippen LogP contribution in [-0.4, -0.2) is 21.4 Å². The maximum atomic E-state index is 8.73. The van der Waals surface area contributed by atoms with Gasteiger partial charge in [0.25, 0.3) is 0 Å². The van der Waals surface area contributed by atoms with Gasteiger partial charge in [-0.15, -0.1) is 9.24 Å². The molecule has 0 fully saturated rings. The standard InChI is InChI=1S/C5H5NOS.CH5OP/c7-6-4-2-1-3-5(6)8;2-1-3/h1-4,7H;2H,1,3H2. The van der Waals surface area contributed by atoms with Crippen LogP contribution in [0.25, 0.3) is 0 Å². The van der Waals surface area contributed by atoms with Crippen molar-refractivity contribution in [2.24, 2.45) is 0 Å². The molecule has 0 aliphatic rings. The van der Waals surface area contributed by atoms with E-state index in [9.17, 15) is 0 Å². The predicted molar refractivity (Wildman–Crippen MR) is 49.2 cm³/mol. The van der Waals surface area contributed by atoms with Crippen LogP contribution in [0, 0.1) is 4.64 Å². The Kier molecular flexibility index (Phi) is 6.03. The number of pyridine rings is 1. The molecule has 1 atom stereocenters. The summed E-state index contributed by atoms with van der Waals surface area (Å²) in [5.74, 6) is 0. The van der Waals surface area contributed by atoms with Gasteiger partial charge in [-0.2, -0.15) is 4.73 Å². The third-order valence-corrected chi connectivity index (χ3v) is 1.13. The first-order chi connectivity index (χ1) is 5.22. The number of aromatic nitrogens is 1. The summed E-state index contributed by atoms with van der Waals surface area (Å²) in [7, 11) is 2.13. The Morgan fingerprint density at radius 1 is 1.55 bits per heavy atom. The summed E-state index contributed by atoms with van der Waals surface area (Å²) in [6.07, 6.45) is 1.66. The van der Waals surface area contributed by atoms with E-state index in [1.807, 2.05) is 0 Å². The topological polar surface area (TPSA) is 45.4 Å². The minimum absolute atomic E-state index is 0.167. The molecule has 2 N–H and O–H groups in total. The first-order valence-electron chi connectivity index (χ1n) is 2.90. The number of rotatable bonds is 0. The van der Waals surface area contributed by atoms with Crippen LogP contribution in [0.1, 0.15) is 0 Å². The quantitative estimate of drug-likeness (QED) is 0.368. The van der Waals surface area contributed by atoms with Crippen molar-refractivity contribution < 1.29 is 10.3 Å². The van der Waals surface area contributed by atoms with Gasteiger partial charge in [-0.1, -0.05) is 18.3 Å². The number of hydrogen-bond donors (Lipinski definition) is 2. The molecule has 1 unspecified atom stereocenters. The highest BCUT2D eigenvalue weighted by atomic mass is 32.1. The van der Waals surface area contributed by atoms with Crippen molar-refractivity contribution in [3.63, 3.8) is 0 Å². The molecule has 0 amide bonds. The van der Waals surface area contributed by atoms with Crippen LogP contribution in [0.4, 0.5) is 0 Å². The molecule has 62 valence electrons. The zero-order valence-corrected chi connectivity index (χ0v) is 7.81. The van der Waals surface area contributed by atoms with Crippen molar-refractivity contribution in [1.82, 2.24) is 4.73 Å². The second-order valence-corrected chi connectivity index (χ2v) is 2.35. The SMILES string of the molecule is OCP.On1ccccc1=S. The molecular formula is C6H10NO2PS. The van der Waals surface area contributed by atoms with Gasteiger partial charge in [-0.25, -0.2) is 0 Å². The monoisotopic (exact) mass is 191 g/mol. The minimum atomic E-state index is 0.167. The first-order valence-corrected chi connectivity index (χ1v) is 4.12. The molecule has 0 radical (unpaired) electrons. The molecule has 0 saturated heterocycles. The van der Waals surface area contributed by atoms with Crippen LogP contribution < -0.4 is 0 Å². The van der Waals surface area contributed by atoms with Crippen LogP contribution in [0.2, 0.25) is 0 Å². The maximum Gasteiger partial charge on any atom is 0.142 e. The van der Waals surface area contributed by atoms with Gasteiger partial charge < -0.3 is 10.3 Å². The van der Waals surface area contributed by atoms with Crippen molar-refractivity contribution in [1.29, 1.82) is 0 Å². The fourth-order valence-electron chi connectivity index (χ4n) is 0.419. The molecule has 0 aliphatic carbocycles. The molecule has 0 bridgehead atoms. The van der Waals surface area contributed by atoms with E-state index in [0.717, 1.165) is 4.73 Å². The Morgan fingerprint density at radius 3 is 2.36 bits per heavy atom. The Bertz CT molecular complexity index is 250. The number of aliphatic hydroxyl groups is 1. The van der Waals surface area contributed by atoms with Gasteiger partial charge in [0.1, 0.15) is 4.64 Å². The normalized spacial score (nSPS) is 8.18. The molecule has 0 saturated carbocycles. The van der Waals surface area contributed by atoms with Gasteiger partial charge in [-0.3, -0.25) is 0 Å². The Labute approximate surface area is 72.5 Å². The molecule has 1 heterocycles. The summed E-state index contributed by atoms with van der Waals surface area (Å²) in [4.78, 5) is 0. The Balaban J connectivity index is 0.000000292. The number of nitrogens with zero attached hydrogens (tertiary/aromatic N) is 1. The van der Waals surface area contributed by atoms with Crippen LogP contribution >= 0.6 is 21.5 Å². The lowest BCUT2D eigenvalue weighted by atomic mass is 10.5. The van der Waals surface area contributed by atoms with Gasteiger partial charge in [0.15, 0.2) is 0 Å². The van der Waals surface area contributed by atoms with E-state index in [2.05, 4.69) is 21.5 Å². The first kappa shape index (κ1) is 10.6. The molecule has 0 aliphatic heterocycles. The van der Waals surface area contributed by atoms with E-state index in [1.54, 1.807) is 18.2 Å². The third kappa shape index (κ3) is 4.90. The van der Waals surface area contributed by atoms with E-state index in [1.165, 1.54) is 6.20 Å². The van der Waals surface area contributed by atoms with Crippen molar-refractivity contribution in [2.45, 2.75) is 0 Å². The van der Waals surface area contributed by atoms with Crippen molar-refractivity contribution in [3.05, 3.63) is 29.0 Å². The lowest BCUT2D eigenvalue weighted by molar-refractivity contribution is 0.180. The summed E-state index contributed by atoms with van der Waals surface area (Å²) in [6, 6.07) is 5.13. The Morgan fingerprint density at radius 2 is 2.09 bits per heavy atom. The van der Waals surface area contributed by atoms with E-state index in [-0.39, 0.29) is 6.35 Å². The van der Waals surface area contributed by atoms with E-state index < -0.39 is 0 Å². The zero-order valence-electron chi connectivity index (χ0n) is 5.84. The lowest BCUT2D eigenvalue weighted by Gasteiger charge is -1.90. The second kappa shape index (κ2) is 6.28. The molecule has 5 heteroatoms. The third-order valence-electron chi connectivity index (χ3n) is 0.803. The van der Waals surface area contributed by atoms with Crippen LogP contribution in [-0.2, 0) is 0 Å². The van der Waals surface area contributed by atoms with E-state index in [4.69, 9.17) is 10.3 Å². The molecular weight excluding hydrogens is 181 g/mol. The summed E-state index contributed by atoms with van der Waals surface area (Å²) >= 11 is 4.67. The molecule has 0 spiro atoms. The largest absolute Gasteiger partial charge is 0.428 e. The molecule has 1 aromatic rings. The summed E-state index contributed by atoms with van der Waals surface area (Å²) in [5.41, 5.74) is 0. The molecule has 11 heavy (non-hydrogen) atoms. The second-order valence-electron chi connectivity index (χ2n) is 1.57. The number of hydrogen-bond acceptors (Lipinski definition) is 3. The average molecular weight is 191 g/mol. The van der Waals surface area contributed by atoms with Crippen LogP contribution in [0.15, 0.2) is 24.4 Å². The van der Waals surface area contributed by atoms with E-state index >= 15 is 0 Å². The highest BCUT2D eigenvalue weighted by Gasteiger charge is 1.77. The Hall–Kier alpha value is -0.440. The zero-order chi connectivity index (χ0) is 8.69.